The van der Waals surface area contributed by atoms with E-state index in [-0.39, 0.29) is 5.41 Å². The molecule has 1 aromatic heterocycles. The van der Waals surface area contributed by atoms with Crippen LogP contribution >= 0.6 is 0 Å². The van der Waals surface area contributed by atoms with E-state index in [2.05, 4.69) is 37.9 Å². The molecule has 0 atom stereocenters. The monoisotopic (exact) mass is 215 g/mol. The van der Waals surface area contributed by atoms with Gasteiger partial charge in [0.15, 0.2) is 0 Å². The Hall–Kier alpha value is -1.57. The van der Waals surface area contributed by atoms with E-state index in [1.807, 2.05) is 18.5 Å². The van der Waals surface area contributed by atoms with Crippen LogP contribution in [0, 0.1) is 0 Å². The van der Waals surface area contributed by atoms with E-state index in [0.29, 0.717) is 0 Å². The van der Waals surface area contributed by atoms with E-state index in [1.54, 1.807) is 7.11 Å². The Morgan fingerprint density at radius 1 is 1.06 bits per heavy atom. The average molecular weight is 215 g/mol. The first kappa shape index (κ1) is 10.9. The zero-order chi connectivity index (χ0) is 11.8. The van der Waals surface area contributed by atoms with Gasteiger partial charge in [0.05, 0.1) is 7.11 Å². The summed E-state index contributed by atoms with van der Waals surface area (Å²) in [5, 5.41) is 2.30. The Balaban J connectivity index is 2.80. The third-order valence-corrected chi connectivity index (χ3v) is 2.81. The lowest BCUT2D eigenvalue weighted by molar-refractivity contribution is 0.419. The molecule has 2 aromatic rings. The number of ether oxygens (including phenoxy) is 1. The first-order valence-electron chi connectivity index (χ1n) is 5.45. The summed E-state index contributed by atoms with van der Waals surface area (Å²) in [4.78, 5) is 4.16. The van der Waals surface area contributed by atoms with Gasteiger partial charge in [-0.15, -0.1) is 0 Å². The summed E-state index contributed by atoms with van der Waals surface area (Å²) in [6.45, 7) is 6.65. The van der Waals surface area contributed by atoms with Crippen LogP contribution in [-0.2, 0) is 5.41 Å². The highest BCUT2D eigenvalue weighted by molar-refractivity contribution is 5.91. The molecular formula is C14H17NO. The Labute approximate surface area is 96.3 Å². The molecule has 1 aromatic carbocycles. The Kier molecular flexibility index (Phi) is 2.58. The molecule has 0 spiro atoms. The van der Waals surface area contributed by atoms with E-state index in [9.17, 15) is 0 Å². The lowest BCUT2D eigenvalue weighted by Crippen LogP contribution is -2.11. The van der Waals surface area contributed by atoms with Gasteiger partial charge >= 0.3 is 0 Å². The van der Waals surface area contributed by atoms with Crippen LogP contribution in [0.3, 0.4) is 0 Å². The Morgan fingerprint density at radius 2 is 1.81 bits per heavy atom. The highest BCUT2D eigenvalue weighted by Crippen LogP contribution is 2.34. The molecule has 0 aliphatic heterocycles. The smallest absolute Gasteiger partial charge is 0.128 e. The predicted octanol–water partition coefficient (Wildman–Crippen LogP) is 3.54. The van der Waals surface area contributed by atoms with E-state index in [4.69, 9.17) is 4.74 Å². The van der Waals surface area contributed by atoms with Crippen molar-refractivity contribution in [3.8, 4) is 5.75 Å². The second kappa shape index (κ2) is 3.78. The molecule has 0 aliphatic rings. The maximum Gasteiger partial charge on any atom is 0.128 e. The maximum absolute atomic E-state index is 5.36. The molecule has 0 bridgehead atoms. The maximum atomic E-state index is 5.36. The Bertz CT molecular complexity index is 512. The van der Waals surface area contributed by atoms with Gasteiger partial charge in [-0.05, 0) is 28.5 Å². The molecule has 0 unspecified atom stereocenters. The van der Waals surface area contributed by atoms with Crippen LogP contribution in [0.15, 0.2) is 30.6 Å². The van der Waals surface area contributed by atoms with E-state index in [0.717, 1.165) is 11.1 Å². The van der Waals surface area contributed by atoms with Gasteiger partial charge in [-0.3, -0.25) is 4.98 Å². The van der Waals surface area contributed by atoms with Crippen molar-refractivity contribution in [3.05, 3.63) is 36.2 Å². The number of hydrogen-bond acceptors (Lipinski definition) is 2. The molecule has 2 nitrogen and oxygen atoms in total. The first-order chi connectivity index (χ1) is 7.54. The zero-order valence-corrected chi connectivity index (χ0v) is 10.2. The van der Waals surface area contributed by atoms with Gasteiger partial charge in [0.1, 0.15) is 5.75 Å². The number of rotatable bonds is 1. The van der Waals surface area contributed by atoms with Gasteiger partial charge in [-0.2, -0.15) is 0 Å². The number of nitrogens with zero attached hydrogens (tertiary/aromatic N) is 1. The number of hydrogen-bond donors (Lipinski definition) is 0. The van der Waals surface area contributed by atoms with Gasteiger partial charge in [0, 0.05) is 17.8 Å². The number of aromatic nitrogens is 1. The highest BCUT2D eigenvalue weighted by Gasteiger charge is 2.17. The minimum atomic E-state index is 0.131. The molecule has 0 aliphatic carbocycles. The van der Waals surface area contributed by atoms with Gasteiger partial charge in [-0.25, -0.2) is 0 Å². The van der Waals surface area contributed by atoms with Crippen LogP contribution in [0.2, 0.25) is 0 Å². The Morgan fingerprint density at radius 3 is 2.44 bits per heavy atom. The van der Waals surface area contributed by atoms with Crippen LogP contribution < -0.4 is 4.74 Å². The van der Waals surface area contributed by atoms with Crippen molar-refractivity contribution >= 4 is 10.8 Å². The molecule has 0 radical (unpaired) electrons. The van der Waals surface area contributed by atoms with Crippen molar-refractivity contribution in [1.29, 1.82) is 0 Å². The fraction of sp³-hybridized carbons (Fsp3) is 0.357. The minimum absolute atomic E-state index is 0.131. The molecule has 0 saturated carbocycles. The van der Waals surface area contributed by atoms with Gasteiger partial charge in [0.2, 0.25) is 0 Å². The number of fused-ring (bicyclic) bond motifs is 1. The van der Waals surface area contributed by atoms with Crippen LogP contribution in [0.5, 0.6) is 5.75 Å². The van der Waals surface area contributed by atoms with Gasteiger partial charge in [0.25, 0.3) is 0 Å². The van der Waals surface area contributed by atoms with Crippen LogP contribution in [0.25, 0.3) is 10.8 Å². The summed E-state index contributed by atoms with van der Waals surface area (Å²) >= 11 is 0. The van der Waals surface area contributed by atoms with Crippen LogP contribution in [0.4, 0.5) is 0 Å². The minimum Gasteiger partial charge on any atom is -0.496 e. The van der Waals surface area contributed by atoms with E-state index < -0.39 is 0 Å². The number of methoxy groups -OCH3 is 1. The lowest BCUT2D eigenvalue weighted by Gasteiger charge is -2.22. The summed E-state index contributed by atoms with van der Waals surface area (Å²) < 4.78 is 5.36. The summed E-state index contributed by atoms with van der Waals surface area (Å²) in [6, 6.07) is 6.21. The van der Waals surface area contributed by atoms with Crippen LogP contribution in [-0.4, -0.2) is 12.1 Å². The quantitative estimate of drug-likeness (QED) is 0.726. The molecule has 0 fully saturated rings. The van der Waals surface area contributed by atoms with Crippen molar-refractivity contribution in [2.24, 2.45) is 0 Å². The second-order valence-electron chi connectivity index (χ2n) is 4.99. The molecule has 2 heteroatoms. The second-order valence-corrected chi connectivity index (χ2v) is 4.99. The van der Waals surface area contributed by atoms with E-state index >= 15 is 0 Å². The fourth-order valence-electron chi connectivity index (χ4n) is 2.00. The molecule has 2 rings (SSSR count). The average Bonchev–Trinajstić information content (AvgIpc) is 2.26. The van der Waals surface area contributed by atoms with E-state index in [1.165, 1.54) is 10.9 Å². The third-order valence-electron chi connectivity index (χ3n) is 2.81. The fourth-order valence-corrected chi connectivity index (χ4v) is 2.00. The zero-order valence-electron chi connectivity index (χ0n) is 10.2. The summed E-state index contributed by atoms with van der Waals surface area (Å²) in [6.07, 6.45) is 3.69. The van der Waals surface area contributed by atoms with Crippen molar-refractivity contribution in [2.75, 3.05) is 7.11 Å². The highest BCUT2D eigenvalue weighted by atomic mass is 16.5. The van der Waals surface area contributed by atoms with Crippen molar-refractivity contribution in [1.82, 2.24) is 4.98 Å². The molecular weight excluding hydrogens is 198 g/mol. The largest absolute Gasteiger partial charge is 0.496 e. The molecule has 0 amide bonds. The molecule has 84 valence electrons. The summed E-state index contributed by atoms with van der Waals surface area (Å²) in [7, 11) is 1.69. The molecule has 0 saturated heterocycles. The SMILES string of the molecule is COc1ccc(C(C)(C)C)c2ccncc12. The molecule has 16 heavy (non-hydrogen) atoms. The summed E-state index contributed by atoms with van der Waals surface area (Å²) in [5.41, 5.74) is 1.46. The van der Waals surface area contributed by atoms with Crippen LogP contribution in [0.1, 0.15) is 26.3 Å². The van der Waals surface area contributed by atoms with Crippen molar-refractivity contribution in [3.63, 3.8) is 0 Å². The van der Waals surface area contributed by atoms with Crippen molar-refractivity contribution < 1.29 is 4.74 Å². The third kappa shape index (κ3) is 1.75. The predicted molar refractivity (Wildman–Crippen MR) is 67.0 cm³/mol. The van der Waals surface area contributed by atoms with Crippen molar-refractivity contribution in [2.45, 2.75) is 26.2 Å². The first-order valence-corrected chi connectivity index (χ1v) is 5.45. The van der Waals surface area contributed by atoms with Gasteiger partial charge < -0.3 is 4.74 Å². The normalized spacial score (nSPS) is 11.8. The number of pyridine rings is 1. The standard InChI is InChI=1S/C14H17NO/c1-14(2,3)12-5-6-13(16-4)11-9-15-8-7-10(11)12/h5-9H,1-4H3. The number of benzene rings is 1. The molecule has 1 heterocycles. The van der Waals surface area contributed by atoms with Gasteiger partial charge in [-0.1, -0.05) is 26.8 Å². The lowest BCUT2D eigenvalue weighted by atomic mass is 9.84. The summed E-state index contributed by atoms with van der Waals surface area (Å²) in [5.74, 6) is 0.885. The molecule has 0 N–H and O–H groups in total. The topological polar surface area (TPSA) is 22.1 Å².